The highest BCUT2D eigenvalue weighted by Gasteiger charge is 2.17. The molecule has 134 valence electrons. The lowest BCUT2D eigenvalue weighted by atomic mass is 10.0. The van der Waals surface area contributed by atoms with Crippen molar-refractivity contribution in [1.29, 1.82) is 0 Å². The van der Waals surface area contributed by atoms with Gasteiger partial charge in [0, 0.05) is 11.4 Å². The summed E-state index contributed by atoms with van der Waals surface area (Å²) in [7, 11) is 0. The first-order valence-electron chi connectivity index (χ1n) is 8.87. The van der Waals surface area contributed by atoms with E-state index in [2.05, 4.69) is 32.6 Å². The molecule has 0 atom stereocenters. The number of hydrogen-bond donors (Lipinski definition) is 2. The quantitative estimate of drug-likeness (QED) is 0.569. The molecule has 0 radical (unpaired) electrons. The van der Waals surface area contributed by atoms with Crippen molar-refractivity contribution in [3.63, 3.8) is 0 Å². The first kappa shape index (κ1) is 17.0. The second-order valence-corrected chi connectivity index (χ2v) is 6.62. The van der Waals surface area contributed by atoms with E-state index in [1.165, 1.54) is 5.56 Å². The summed E-state index contributed by atoms with van der Waals surface area (Å²) in [5, 5.41) is 10.9. The van der Waals surface area contributed by atoms with Gasteiger partial charge in [0.1, 0.15) is 0 Å². The predicted octanol–water partition coefficient (Wildman–Crippen LogP) is 4.42. The number of rotatable bonds is 4. The Hall–Kier alpha value is -3.47. The molecule has 0 unspecified atom stereocenters. The number of nitrogens with one attached hydrogen (secondary N) is 2. The van der Waals surface area contributed by atoms with Gasteiger partial charge in [-0.15, -0.1) is 0 Å². The molecule has 0 fully saturated rings. The summed E-state index contributed by atoms with van der Waals surface area (Å²) in [6, 6.07) is 19.9. The molecule has 0 spiro atoms. The minimum Gasteiger partial charge on any atom is -0.322 e. The molecule has 2 N–H and O–H groups in total. The molecule has 5 heteroatoms. The molecule has 4 rings (SSSR count). The lowest BCUT2D eigenvalue weighted by Crippen LogP contribution is -2.14. The summed E-state index contributed by atoms with van der Waals surface area (Å²) in [4.78, 5) is 17.5. The Morgan fingerprint density at radius 1 is 1.04 bits per heavy atom. The third-order valence-electron chi connectivity index (χ3n) is 4.59. The number of aryl methyl sites for hydroxylation is 2. The molecule has 0 aliphatic heterocycles. The molecule has 2 aromatic carbocycles. The zero-order chi connectivity index (χ0) is 18.8. The van der Waals surface area contributed by atoms with E-state index < -0.39 is 0 Å². The van der Waals surface area contributed by atoms with Crippen LogP contribution in [0.5, 0.6) is 0 Å². The Labute approximate surface area is 157 Å². The number of hydrogen-bond acceptors (Lipinski definition) is 3. The van der Waals surface area contributed by atoms with Crippen LogP contribution in [0.15, 0.2) is 60.7 Å². The van der Waals surface area contributed by atoms with Crippen molar-refractivity contribution < 1.29 is 4.79 Å². The second kappa shape index (κ2) is 7.03. The number of fused-ring (bicyclic) bond motifs is 1. The number of amides is 1. The number of anilines is 1. The van der Waals surface area contributed by atoms with E-state index >= 15 is 0 Å². The summed E-state index contributed by atoms with van der Waals surface area (Å²) >= 11 is 0. The van der Waals surface area contributed by atoms with Crippen molar-refractivity contribution in [3.05, 3.63) is 88.7 Å². The third-order valence-corrected chi connectivity index (χ3v) is 4.59. The van der Waals surface area contributed by atoms with Crippen LogP contribution in [0, 0.1) is 13.8 Å². The van der Waals surface area contributed by atoms with Gasteiger partial charge in [-0.3, -0.25) is 9.89 Å². The van der Waals surface area contributed by atoms with Gasteiger partial charge in [-0.1, -0.05) is 48.5 Å². The van der Waals surface area contributed by atoms with Crippen LogP contribution in [0.4, 0.5) is 5.69 Å². The van der Waals surface area contributed by atoms with Crippen molar-refractivity contribution in [2.45, 2.75) is 20.3 Å². The van der Waals surface area contributed by atoms with Gasteiger partial charge in [0.25, 0.3) is 5.91 Å². The number of benzene rings is 2. The number of H-pyrrole nitrogens is 1. The van der Waals surface area contributed by atoms with Crippen LogP contribution in [0.25, 0.3) is 11.0 Å². The Morgan fingerprint density at radius 2 is 1.78 bits per heavy atom. The van der Waals surface area contributed by atoms with Gasteiger partial charge in [0.2, 0.25) is 0 Å². The summed E-state index contributed by atoms with van der Waals surface area (Å²) < 4.78 is 0. The second-order valence-electron chi connectivity index (χ2n) is 6.62. The van der Waals surface area contributed by atoms with E-state index in [1.807, 2.05) is 56.3 Å². The largest absolute Gasteiger partial charge is 0.322 e. The maximum absolute atomic E-state index is 13.1. The lowest BCUT2D eigenvalue weighted by Gasteiger charge is -2.12. The van der Waals surface area contributed by atoms with Crippen LogP contribution in [-0.4, -0.2) is 21.1 Å². The van der Waals surface area contributed by atoms with Gasteiger partial charge >= 0.3 is 0 Å². The van der Waals surface area contributed by atoms with Crippen LogP contribution in [0.1, 0.15) is 32.9 Å². The van der Waals surface area contributed by atoms with Crippen LogP contribution in [-0.2, 0) is 6.42 Å². The number of nitrogens with zero attached hydrogens (tertiary/aromatic N) is 2. The summed E-state index contributed by atoms with van der Waals surface area (Å²) in [5.41, 5.74) is 5.84. The first-order valence-corrected chi connectivity index (χ1v) is 8.87. The molecule has 27 heavy (non-hydrogen) atoms. The van der Waals surface area contributed by atoms with Crippen molar-refractivity contribution in [3.8, 4) is 0 Å². The maximum atomic E-state index is 13.1. The van der Waals surface area contributed by atoms with Crippen LogP contribution >= 0.6 is 0 Å². The van der Waals surface area contributed by atoms with Gasteiger partial charge < -0.3 is 5.32 Å². The van der Waals surface area contributed by atoms with Crippen LogP contribution < -0.4 is 5.32 Å². The van der Waals surface area contributed by atoms with E-state index in [-0.39, 0.29) is 5.91 Å². The molecule has 1 amide bonds. The Bertz CT molecular complexity index is 1120. The van der Waals surface area contributed by atoms with Gasteiger partial charge in [-0.25, -0.2) is 4.98 Å². The number of pyridine rings is 1. The highest BCUT2D eigenvalue weighted by Crippen LogP contribution is 2.23. The molecular weight excluding hydrogens is 336 g/mol. The van der Waals surface area contributed by atoms with E-state index in [9.17, 15) is 4.79 Å². The molecule has 0 aliphatic carbocycles. The van der Waals surface area contributed by atoms with E-state index in [0.29, 0.717) is 11.2 Å². The predicted molar refractivity (Wildman–Crippen MR) is 107 cm³/mol. The average molecular weight is 356 g/mol. The lowest BCUT2D eigenvalue weighted by molar-refractivity contribution is 0.102. The molecule has 0 saturated carbocycles. The number of carbonyl (C=O) groups is 1. The molecule has 0 saturated heterocycles. The number of para-hydroxylation sites is 1. The van der Waals surface area contributed by atoms with Gasteiger partial charge in [-0.2, -0.15) is 5.10 Å². The molecule has 0 aliphatic rings. The minimum absolute atomic E-state index is 0.157. The first-order chi connectivity index (χ1) is 13.1. The highest BCUT2D eigenvalue weighted by molar-refractivity contribution is 6.12. The van der Waals surface area contributed by atoms with Crippen LogP contribution in [0.3, 0.4) is 0 Å². The molecule has 4 aromatic rings. The van der Waals surface area contributed by atoms with Crippen molar-refractivity contribution in [2.24, 2.45) is 0 Å². The fraction of sp³-hybridized carbons (Fsp3) is 0.136. The van der Waals surface area contributed by atoms with Crippen molar-refractivity contribution >= 4 is 22.6 Å². The van der Waals surface area contributed by atoms with Gasteiger partial charge in [-0.05, 0) is 43.5 Å². The normalized spacial score (nSPS) is 10.9. The maximum Gasteiger partial charge on any atom is 0.256 e. The Balaban J connectivity index is 1.67. The summed E-state index contributed by atoms with van der Waals surface area (Å²) in [6.07, 6.45) is 0.757. The smallest absolute Gasteiger partial charge is 0.256 e. The molecule has 5 nitrogen and oxygen atoms in total. The molecular formula is C22H20N4O. The van der Waals surface area contributed by atoms with E-state index in [1.54, 1.807) is 6.07 Å². The molecule has 0 bridgehead atoms. The average Bonchev–Trinajstić information content (AvgIpc) is 3.04. The molecule has 2 aromatic heterocycles. The van der Waals surface area contributed by atoms with E-state index in [0.717, 1.165) is 34.4 Å². The third kappa shape index (κ3) is 3.44. The van der Waals surface area contributed by atoms with Gasteiger partial charge in [0.05, 0.1) is 16.6 Å². The highest BCUT2D eigenvalue weighted by atomic mass is 16.1. The van der Waals surface area contributed by atoms with Crippen molar-refractivity contribution in [1.82, 2.24) is 15.2 Å². The fourth-order valence-electron chi connectivity index (χ4n) is 3.29. The molecule has 2 heterocycles. The van der Waals surface area contributed by atoms with Gasteiger partial charge in [0.15, 0.2) is 5.65 Å². The number of aromatic nitrogens is 3. The monoisotopic (exact) mass is 356 g/mol. The van der Waals surface area contributed by atoms with Crippen molar-refractivity contribution in [2.75, 3.05) is 5.32 Å². The Kier molecular flexibility index (Phi) is 4.42. The Morgan fingerprint density at radius 3 is 2.59 bits per heavy atom. The standard InChI is InChI=1S/C22H20N4O/c1-14-12-18(20-15(2)25-26-21(20)23-14)22(27)24-19-11-7-6-10-17(19)13-16-8-4-3-5-9-16/h3-12H,13H2,1-2H3,(H,24,27)(H,23,25,26). The number of aromatic amines is 1. The van der Waals surface area contributed by atoms with Crippen LogP contribution in [0.2, 0.25) is 0 Å². The zero-order valence-corrected chi connectivity index (χ0v) is 15.3. The van der Waals surface area contributed by atoms with E-state index in [4.69, 9.17) is 0 Å². The summed E-state index contributed by atoms with van der Waals surface area (Å²) in [6.45, 7) is 3.74. The SMILES string of the molecule is Cc1cc(C(=O)Nc2ccccc2Cc2ccccc2)c2c(C)n[nH]c2n1. The minimum atomic E-state index is -0.157. The fourth-order valence-corrected chi connectivity index (χ4v) is 3.29. The summed E-state index contributed by atoms with van der Waals surface area (Å²) in [5.74, 6) is -0.157. The topological polar surface area (TPSA) is 70.7 Å². The zero-order valence-electron chi connectivity index (χ0n) is 15.3. The number of carbonyl (C=O) groups excluding carboxylic acids is 1.